The van der Waals surface area contributed by atoms with E-state index in [4.69, 9.17) is 0 Å². The quantitative estimate of drug-likeness (QED) is 0.868. The van der Waals surface area contributed by atoms with Gasteiger partial charge in [0, 0.05) is 23.7 Å². The van der Waals surface area contributed by atoms with Gasteiger partial charge in [-0.15, -0.1) is 11.3 Å². The van der Waals surface area contributed by atoms with Crippen molar-refractivity contribution in [2.75, 3.05) is 17.2 Å². The minimum atomic E-state index is 0.653. The van der Waals surface area contributed by atoms with Crippen LogP contribution in [0.15, 0.2) is 11.6 Å². The molecule has 0 aliphatic heterocycles. The van der Waals surface area contributed by atoms with Gasteiger partial charge in [-0.25, -0.2) is 9.97 Å². The highest BCUT2D eigenvalue weighted by Crippen LogP contribution is 2.14. The molecule has 0 saturated carbocycles. The molecule has 0 atom stereocenters. The van der Waals surface area contributed by atoms with Gasteiger partial charge >= 0.3 is 0 Å². The van der Waals surface area contributed by atoms with Crippen LogP contribution in [0.1, 0.15) is 23.2 Å². The number of hydrogen-bond donors (Lipinski definition) is 2. The molecule has 0 fully saturated rings. The van der Waals surface area contributed by atoms with E-state index in [1.54, 1.807) is 11.3 Å². The summed E-state index contributed by atoms with van der Waals surface area (Å²) >= 11 is 1.66. The van der Waals surface area contributed by atoms with E-state index in [1.807, 2.05) is 27.0 Å². The second-order valence-corrected chi connectivity index (χ2v) is 5.03. The Bertz CT molecular complexity index is 523. The Morgan fingerprint density at radius 1 is 1.22 bits per heavy atom. The summed E-state index contributed by atoms with van der Waals surface area (Å²) in [5.41, 5.74) is 2.07. The maximum Gasteiger partial charge on any atom is 0.224 e. The van der Waals surface area contributed by atoms with Gasteiger partial charge in [-0.05, 0) is 20.8 Å². The van der Waals surface area contributed by atoms with Gasteiger partial charge in [0.25, 0.3) is 0 Å². The molecular formula is C12H17N5S. The maximum absolute atomic E-state index is 4.43. The van der Waals surface area contributed by atoms with Crippen LogP contribution in [0.5, 0.6) is 0 Å². The predicted molar refractivity (Wildman–Crippen MR) is 75.1 cm³/mol. The van der Waals surface area contributed by atoms with E-state index in [0.29, 0.717) is 12.5 Å². The zero-order valence-electron chi connectivity index (χ0n) is 10.8. The first kappa shape index (κ1) is 12.8. The first-order valence-corrected chi connectivity index (χ1v) is 6.79. The molecule has 2 aromatic rings. The first-order valence-electron chi connectivity index (χ1n) is 5.91. The number of aryl methyl sites for hydroxylation is 2. The average Bonchev–Trinajstić information content (AvgIpc) is 2.76. The van der Waals surface area contributed by atoms with E-state index < -0.39 is 0 Å². The number of nitrogens with zero attached hydrogens (tertiary/aromatic N) is 3. The van der Waals surface area contributed by atoms with Gasteiger partial charge in [0.2, 0.25) is 5.95 Å². The zero-order valence-corrected chi connectivity index (χ0v) is 11.6. The fraction of sp³-hybridized carbons (Fsp3) is 0.417. The number of anilines is 2. The van der Waals surface area contributed by atoms with Crippen LogP contribution < -0.4 is 10.6 Å². The summed E-state index contributed by atoms with van der Waals surface area (Å²) < 4.78 is 0. The molecule has 18 heavy (non-hydrogen) atoms. The molecule has 2 N–H and O–H groups in total. The number of thiazole rings is 1. The normalized spacial score (nSPS) is 10.4. The molecule has 0 aliphatic rings. The second-order valence-electron chi connectivity index (χ2n) is 3.97. The summed E-state index contributed by atoms with van der Waals surface area (Å²) in [5.74, 6) is 1.51. The molecule has 2 rings (SSSR count). The van der Waals surface area contributed by atoms with Gasteiger partial charge in [-0.2, -0.15) is 4.98 Å². The van der Waals surface area contributed by atoms with Crippen molar-refractivity contribution in [1.82, 2.24) is 15.0 Å². The zero-order chi connectivity index (χ0) is 13.0. The van der Waals surface area contributed by atoms with Crippen LogP contribution in [0.3, 0.4) is 0 Å². The molecular weight excluding hydrogens is 246 g/mol. The fourth-order valence-corrected chi connectivity index (χ4v) is 2.14. The topological polar surface area (TPSA) is 62.7 Å². The number of hydrogen-bond acceptors (Lipinski definition) is 6. The van der Waals surface area contributed by atoms with Crippen LogP contribution in [0.2, 0.25) is 0 Å². The van der Waals surface area contributed by atoms with Crippen LogP contribution in [-0.2, 0) is 6.54 Å². The minimum absolute atomic E-state index is 0.653. The Labute approximate surface area is 111 Å². The molecule has 0 aromatic carbocycles. The van der Waals surface area contributed by atoms with E-state index in [2.05, 4.69) is 31.0 Å². The Hall–Kier alpha value is -1.69. The van der Waals surface area contributed by atoms with E-state index >= 15 is 0 Å². The SMILES string of the molecule is CCNc1ncc(C)c(NCc2csc(C)n2)n1. The monoisotopic (exact) mass is 263 g/mol. The average molecular weight is 263 g/mol. The number of rotatable bonds is 5. The van der Waals surface area contributed by atoms with E-state index in [9.17, 15) is 0 Å². The lowest BCUT2D eigenvalue weighted by atomic mass is 10.3. The third-order valence-electron chi connectivity index (χ3n) is 2.41. The summed E-state index contributed by atoms with van der Waals surface area (Å²) in [4.78, 5) is 13.0. The molecule has 0 unspecified atom stereocenters. The number of aromatic nitrogens is 3. The summed E-state index contributed by atoms with van der Waals surface area (Å²) in [5, 5.41) is 9.54. The molecule has 0 aliphatic carbocycles. The third-order valence-corrected chi connectivity index (χ3v) is 3.23. The van der Waals surface area contributed by atoms with Gasteiger partial charge in [0.05, 0.1) is 17.2 Å². The molecule has 5 nitrogen and oxygen atoms in total. The standard InChI is InChI=1S/C12H17N5S/c1-4-13-12-15-5-8(2)11(17-12)14-6-10-7-18-9(3)16-10/h5,7H,4,6H2,1-3H3,(H2,13,14,15,17). The Morgan fingerprint density at radius 3 is 2.72 bits per heavy atom. The molecule has 0 saturated heterocycles. The van der Waals surface area contributed by atoms with Crippen molar-refractivity contribution in [3.8, 4) is 0 Å². The molecule has 2 heterocycles. The Morgan fingerprint density at radius 2 is 2.06 bits per heavy atom. The van der Waals surface area contributed by atoms with Crippen LogP contribution in [0, 0.1) is 13.8 Å². The molecule has 2 aromatic heterocycles. The second kappa shape index (κ2) is 5.77. The van der Waals surface area contributed by atoms with Crippen molar-refractivity contribution in [2.24, 2.45) is 0 Å². The van der Waals surface area contributed by atoms with Crippen LogP contribution >= 0.6 is 11.3 Å². The van der Waals surface area contributed by atoms with E-state index in [-0.39, 0.29) is 0 Å². The summed E-state index contributed by atoms with van der Waals surface area (Å²) in [6.07, 6.45) is 1.82. The van der Waals surface area contributed by atoms with Crippen LogP contribution in [0.4, 0.5) is 11.8 Å². The van der Waals surface area contributed by atoms with Crippen LogP contribution in [-0.4, -0.2) is 21.5 Å². The van der Waals surface area contributed by atoms with Crippen molar-refractivity contribution < 1.29 is 0 Å². The molecule has 96 valence electrons. The molecule has 0 bridgehead atoms. The van der Waals surface area contributed by atoms with Gasteiger partial charge in [0.1, 0.15) is 5.82 Å². The van der Waals surface area contributed by atoms with Gasteiger partial charge in [0.15, 0.2) is 0 Å². The third kappa shape index (κ3) is 3.16. The molecule has 0 spiro atoms. The van der Waals surface area contributed by atoms with Gasteiger partial charge < -0.3 is 10.6 Å². The molecule has 6 heteroatoms. The van der Waals surface area contributed by atoms with Crippen molar-refractivity contribution in [2.45, 2.75) is 27.3 Å². The smallest absolute Gasteiger partial charge is 0.224 e. The van der Waals surface area contributed by atoms with Gasteiger partial charge in [-0.1, -0.05) is 0 Å². The minimum Gasteiger partial charge on any atom is -0.364 e. The Balaban J connectivity index is 2.05. The van der Waals surface area contributed by atoms with Crippen molar-refractivity contribution in [1.29, 1.82) is 0 Å². The lowest BCUT2D eigenvalue weighted by molar-refractivity contribution is 1.01. The van der Waals surface area contributed by atoms with Crippen molar-refractivity contribution in [3.63, 3.8) is 0 Å². The largest absolute Gasteiger partial charge is 0.364 e. The predicted octanol–water partition coefficient (Wildman–Crippen LogP) is 2.59. The summed E-state index contributed by atoms with van der Waals surface area (Å²) in [7, 11) is 0. The molecule has 0 radical (unpaired) electrons. The highest BCUT2D eigenvalue weighted by Gasteiger charge is 2.04. The van der Waals surface area contributed by atoms with Crippen molar-refractivity contribution in [3.05, 3.63) is 27.8 Å². The highest BCUT2D eigenvalue weighted by atomic mass is 32.1. The van der Waals surface area contributed by atoms with E-state index in [1.165, 1.54) is 0 Å². The Kier molecular flexibility index (Phi) is 4.09. The lowest BCUT2D eigenvalue weighted by Gasteiger charge is -2.09. The number of nitrogens with one attached hydrogen (secondary N) is 2. The van der Waals surface area contributed by atoms with Crippen molar-refractivity contribution >= 4 is 23.1 Å². The summed E-state index contributed by atoms with van der Waals surface area (Å²) in [6, 6.07) is 0. The van der Waals surface area contributed by atoms with Gasteiger partial charge in [-0.3, -0.25) is 0 Å². The maximum atomic E-state index is 4.43. The highest BCUT2D eigenvalue weighted by molar-refractivity contribution is 7.09. The van der Waals surface area contributed by atoms with E-state index in [0.717, 1.165) is 28.6 Å². The fourth-order valence-electron chi connectivity index (χ4n) is 1.53. The van der Waals surface area contributed by atoms with Crippen LogP contribution in [0.25, 0.3) is 0 Å². The first-order chi connectivity index (χ1) is 8.69. The summed E-state index contributed by atoms with van der Waals surface area (Å²) in [6.45, 7) is 7.52. The lowest BCUT2D eigenvalue weighted by Crippen LogP contribution is -2.08. The molecule has 0 amide bonds.